The van der Waals surface area contributed by atoms with E-state index in [1.165, 1.54) is 11.1 Å². The molecule has 2 heteroatoms. The summed E-state index contributed by atoms with van der Waals surface area (Å²) in [7, 11) is 0. The molecular weight excluding hydrogens is 208 g/mol. The molecule has 0 bridgehead atoms. The first-order valence-corrected chi connectivity index (χ1v) is 6.64. The summed E-state index contributed by atoms with van der Waals surface area (Å²) in [6.07, 6.45) is 2.25. The Morgan fingerprint density at radius 2 is 1.76 bits per heavy atom. The summed E-state index contributed by atoms with van der Waals surface area (Å²) in [5, 5.41) is 3.45. The quantitative estimate of drug-likeness (QED) is 0.712. The van der Waals surface area contributed by atoms with Gasteiger partial charge in [0.25, 0.3) is 0 Å². The van der Waals surface area contributed by atoms with Crippen LogP contribution >= 0.6 is 0 Å². The highest BCUT2D eigenvalue weighted by Crippen LogP contribution is 2.14. The molecule has 0 radical (unpaired) electrons. The second-order valence-electron chi connectivity index (χ2n) is 5.19. The third kappa shape index (κ3) is 5.85. The zero-order valence-corrected chi connectivity index (χ0v) is 11.4. The van der Waals surface area contributed by atoms with Crippen molar-refractivity contribution in [3.05, 3.63) is 35.4 Å². The summed E-state index contributed by atoms with van der Waals surface area (Å²) in [5.41, 5.74) is 8.47. The fourth-order valence-electron chi connectivity index (χ4n) is 1.80. The van der Waals surface area contributed by atoms with Crippen LogP contribution in [0.25, 0.3) is 0 Å². The minimum atomic E-state index is 0.321. The molecule has 0 amide bonds. The van der Waals surface area contributed by atoms with Crippen LogP contribution < -0.4 is 11.1 Å². The molecule has 2 nitrogen and oxygen atoms in total. The Labute approximate surface area is 106 Å². The van der Waals surface area contributed by atoms with Crippen LogP contribution in [-0.2, 0) is 6.54 Å². The van der Waals surface area contributed by atoms with E-state index in [0.717, 1.165) is 25.9 Å². The average molecular weight is 234 g/mol. The van der Waals surface area contributed by atoms with E-state index >= 15 is 0 Å². The molecule has 0 aliphatic rings. The summed E-state index contributed by atoms with van der Waals surface area (Å²) >= 11 is 0. The van der Waals surface area contributed by atoms with Crippen LogP contribution in [-0.4, -0.2) is 12.6 Å². The van der Waals surface area contributed by atoms with E-state index in [1.807, 2.05) is 0 Å². The Kier molecular flexibility index (Phi) is 6.23. The first-order valence-electron chi connectivity index (χ1n) is 6.64. The van der Waals surface area contributed by atoms with E-state index in [1.54, 1.807) is 0 Å². The van der Waals surface area contributed by atoms with Crippen LogP contribution in [0.2, 0.25) is 0 Å². The predicted octanol–water partition coefficient (Wildman–Crippen LogP) is 3.03. The Bertz CT molecular complexity index is 301. The van der Waals surface area contributed by atoms with Crippen molar-refractivity contribution in [3.8, 4) is 0 Å². The molecule has 3 N–H and O–H groups in total. The summed E-state index contributed by atoms with van der Waals surface area (Å²) < 4.78 is 0. The first kappa shape index (κ1) is 14.2. The van der Waals surface area contributed by atoms with Crippen LogP contribution in [0.3, 0.4) is 0 Å². The van der Waals surface area contributed by atoms with Gasteiger partial charge in [-0.3, -0.25) is 0 Å². The molecule has 17 heavy (non-hydrogen) atoms. The Hall–Kier alpha value is -0.860. The molecule has 0 fully saturated rings. The van der Waals surface area contributed by atoms with Crippen LogP contribution in [0.5, 0.6) is 0 Å². The van der Waals surface area contributed by atoms with Gasteiger partial charge in [-0.15, -0.1) is 0 Å². The normalized spacial score (nSPS) is 13.0. The van der Waals surface area contributed by atoms with Crippen molar-refractivity contribution in [2.24, 2.45) is 5.73 Å². The van der Waals surface area contributed by atoms with E-state index in [2.05, 4.69) is 50.4 Å². The zero-order valence-electron chi connectivity index (χ0n) is 11.4. The van der Waals surface area contributed by atoms with Crippen LogP contribution in [0, 0.1) is 0 Å². The molecule has 1 unspecified atom stereocenters. The molecule has 0 saturated heterocycles. The lowest BCUT2D eigenvalue weighted by molar-refractivity contribution is 0.574. The molecule has 0 aliphatic heterocycles. The number of nitrogens with one attached hydrogen (secondary N) is 1. The van der Waals surface area contributed by atoms with Crippen molar-refractivity contribution in [1.29, 1.82) is 0 Å². The molecule has 1 atom stereocenters. The maximum atomic E-state index is 5.70. The van der Waals surface area contributed by atoms with Gasteiger partial charge in [0.05, 0.1) is 0 Å². The van der Waals surface area contributed by atoms with Gasteiger partial charge in [-0.25, -0.2) is 0 Å². The van der Waals surface area contributed by atoms with E-state index in [0.29, 0.717) is 12.0 Å². The van der Waals surface area contributed by atoms with Crippen molar-refractivity contribution >= 4 is 0 Å². The van der Waals surface area contributed by atoms with Crippen molar-refractivity contribution in [2.45, 2.75) is 52.1 Å². The molecular formula is C15H26N2. The van der Waals surface area contributed by atoms with Gasteiger partial charge in [0.2, 0.25) is 0 Å². The summed E-state index contributed by atoms with van der Waals surface area (Å²) in [4.78, 5) is 0. The van der Waals surface area contributed by atoms with E-state index in [4.69, 9.17) is 5.73 Å². The molecule has 1 rings (SSSR count). The highest BCUT2D eigenvalue weighted by Gasteiger charge is 1.99. The standard InChI is InChI=1S/C15H26N2/c1-12(2)15-8-6-14(7-9-15)11-17-10-4-5-13(3)16/h6-9,12-13,17H,4-5,10-11,16H2,1-3H3. The third-order valence-corrected chi connectivity index (χ3v) is 2.99. The molecule has 0 aromatic heterocycles. The lowest BCUT2D eigenvalue weighted by Gasteiger charge is -2.09. The highest BCUT2D eigenvalue weighted by atomic mass is 14.8. The smallest absolute Gasteiger partial charge is 0.0205 e. The minimum absolute atomic E-state index is 0.321. The molecule has 1 aromatic rings. The number of rotatable bonds is 7. The number of hydrogen-bond donors (Lipinski definition) is 2. The second kappa shape index (κ2) is 7.46. The Morgan fingerprint density at radius 3 is 2.29 bits per heavy atom. The molecule has 0 saturated carbocycles. The van der Waals surface area contributed by atoms with Gasteiger partial charge in [-0.05, 0) is 43.4 Å². The SMILES string of the molecule is CC(N)CCCNCc1ccc(C(C)C)cc1. The topological polar surface area (TPSA) is 38.0 Å². The van der Waals surface area contributed by atoms with E-state index in [-0.39, 0.29) is 0 Å². The van der Waals surface area contributed by atoms with Gasteiger partial charge in [-0.1, -0.05) is 38.1 Å². The molecule has 96 valence electrons. The summed E-state index contributed by atoms with van der Waals surface area (Å²) in [6.45, 7) is 8.51. The Morgan fingerprint density at radius 1 is 1.12 bits per heavy atom. The molecule has 0 aliphatic carbocycles. The zero-order chi connectivity index (χ0) is 12.7. The maximum absolute atomic E-state index is 5.70. The average Bonchev–Trinajstić information content (AvgIpc) is 2.29. The van der Waals surface area contributed by atoms with Gasteiger partial charge in [0.15, 0.2) is 0 Å². The van der Waals surface area contributed by atoms with Crippen molar-refractivity contribution < 1.29 is 0 Å². The number of benzene rings is 1. The van der Waals surface area contributed by atoms with Crippen molar-refractivity contribution in [1.82, 2.24) is 5.32 Å². The van der Waals surface area contributed by atoms with Gasteiger partial charge in [-0.2, -0.15) is 0 Å². The fourth-order valence-corrected chi connectivity index (χ4v) is 1.80. The van der Waals surface area contributed by atoms with Crippen molar-refractivity contribution in [2.75, 3.05) is 6.54 Å². The first-order chi connectivity index (χ1) is 8.09. The fraction of sp³-hybridized carbons (Fsp3) is 0.600. The van der Waals surface area contributed by atoms with E-state index < -0.39 is 0 Å². The maximum Gasteiger partial charge on any atom is 0.0205 e. The largest absolute Gasteiger partial charge is 0.328 e. The van der Waals surface area contributed by atoms with Gasteiger partial charge >= 0.3 is 0 Å². The van der Waals surface area contributed by atoms with Gasteiger partial charge in [0, 0.05) is 12.6 Å². The molecule has 0 spiro atoms. The number of nitrogens with two attached hydrogens (primary N) is 1. The predicted molar refractivity (Wildman–Crippen MR) is 75.1 cm³/mol. The third-order valence-electron chi connectivity index (χ3n) is 2.99. The van der Waals surface area contributed by atoms with Crippen LogP contribution in [0.4, 0.5) is 0 Å². The van der Waals surface area contributed by atoms with Crippen LogP contribution in [0.15, 0.2) is 24.3 Å². The van der Waals surface area contributed by atoms with Gasteiger partial charge < -0.3 is 11.1 Å². The molecule has 1 aromatic carbocycles. The molecule has 0 heterocycles. The highest BCUT2D eigenvalue weighted by molar-refractivity contribution is 5.24. The van der Waals surface area contributed by atoms with Crippen molar-refractivity contribution in [3.63, 3.8) is 0 Å². The Balaban J connectivity index is 2.23. The lowest BCUT2D eigenvalue weighted by Crippen LogP contribution is -2.19. The minimum Gasteiger partial charge on any atom is -0.328 e. The van der Waals surface area contributed by atoms with Gasteiger partial charge in [0.1, 0.15) is 0 Å². The summed E-state index contributed by atoms with van der Waals surface area (Å²) in [5.74, 6) is 0.614. The number of hydrogen-bond acceptors (Lipinski definition) is 2. The monoisotopic (exact) mass is 234 g/mol. The summed E-state index contributed by atoms with van der Waals surface area (Å²) in [6, 6.07) is 9.21. The van der Waals surface area contributed by atoms with E-state index in [9.17, 15) is 0 Å². The second-order valence-corrected chi connectivity index (χ2v) is 5.19. The lowest BCUT2D eigenvalue weighted by atomic mass is 10.0. The van der Waals surface area contributed by atoms with Crippen LogP contribution in [0.1, 0.15) is 50.7 Å².